The summed E-state index contributed by atoms with van der Waals surface area (Å²) < 4.78 is 18.3. The number of halogens is 1. The number of cyclic esters (lactones) is 1. The number of benzene rings is 1. The quantitative estimate of drug-likeness (QED) is 0.872. The minimum atomic E-state index is -1.50. The van der Waals surface area contributed by atoms with Gasteiger partial charge in [-0.05, 0) is 38.5 Å². The number of hydrogen-bond acceptors (Lipinski definition) is 4. The van der Waals surface area contributed by atoms with E-state index in [1.54, 1.807) is 13.0 Å². The largest absolute Gasteiger partial charge is 0.438 e. The lowest BCUT2D eigenvalue weighted by atomic mass is 9.91. The Morgan fingerprint density at radius 1 is 1.43 bits per heavy atom. The molecular formula is C16H21FN2O4. The van der Waals surface area contributed by atoms with Crippen molar-refractivity contribution in [2.24, 2.45) is 0 Å². The zero-order chi connectivity index (χ0) is 17.3. The van der Waals surface area contributed by atoms with E-state index in [0.29, 0.717) is 12.1 Å². The van der Waals surface area contributed by atoms with Gasteiger partial charge in [-0.15, -0.1) is 0 Å². The van der Waals surface area contributed by atoms with Gasteiger partial charge in [-0.25, -0.2) is 9.18 Å². The summed E-state index contributed by atoms with van der Waals surface area (Å²) in [6, 6.07) is 5.53. The number of hydrogen-bond donors (Lipinski definition) is 2. The van der Waals surface area contributed by atoms with E-state index in [1.165, 1.54) is 25.1 Å². The molecule has 0 radical (unpaired) electrons. The Hall–Kier alpha value is -2.15. The summed E-state index contributed by atoms with van der Waals surface area (Å²) in [5.74, 6) is -0.836. The molecule has 1 aromatic rings. The van der Waals surface area contributed by atoms with Gasteiger partial charge in [0.15, 0.2) is 11.3 Å². The maximum Gasteiger partial charge on any atom is 0.412 e. The van der Waals surface area contributed by atoms with Crippen molar-refractivity contribution >= 4 is 17.7 Å². The molecule has 2 amide bonds. The predicted molar refractivity (Wildman–Crippen MR) is 82.2 cm³/mol. The number of nitrogens with zero attached hydrogens (tertiary/aromatic N) is 1. The highest BCUT2D eigenvalue weighted by Gasteiger charge is 2.58. The third-order valence-corrected chi connectivity index (χ3v) is 4.41. The molecule has 126 valence electrons. The van der Waals surface area contributed by atoms with Gasteiger partial charge in [0.2, 0.25) is 5.91 Å². The highest BCUT2D eigenvalue weighted by atomic mass is 19.1. The van der Waals surface area contributed by atoms with Crippen molar-refractivity contribution < 1.29 is 23.8 Å². The van der Waals surface area contributed by atoms with E-state index in [9.17, 15) is 19.1 Å². The normalized spacial score (nSPS) is 27.0. The first-order valence-electron chi connectivity index (χ1n) is 7.48. The number of rotatable bonds is 5. The third-order valence-electron chi connectivity index (χ3n) is 4.41. The van der Waals surface area contributed by atoms with Gasteiger partial charge >= 0.3 is 6.09 Å². The lowest BCUT2D eigenvalue weighted by Crippen LogP contribution is -2.55. The van der Waals surface area contributed by atoms with Crippen LogP contribution in [-0.2, 0) is 9.53 Å². The number of aliphatic hydroxyl groups is 1. The van der Waals surface area contributed by atoms with Crippen LogP contribution in [0.3, 0.4) is 0 Å². The summed E-state index contributed by atoms with van der Waals surface area (Å²) in [5, 5.41) is 13.1. The van der Waals surface area contributed by atoms with Gasteiger partial charge in [-0.3, -0.25) is 9.69 Å². The molecule has 2 atom stereocenters. The zero-order valence-corrected chi connectivity index (χ0v) is 13.4. The second kappa shape index (κ2) is 6.16. The fourth-order valence-corrected chi connectivity index (χ4v) is 2.53. The smallest absolute Gasteiger partial charge is 0.412 e. The second-order valence-electron chi connectivity index (χ2n) is 5.93. The zero-order valence-electron chi connectivity index (χ0n) is 13.4. The fourth-order valence-electron chi connectivity index (χ4n) is 2.53. The van der Waals surface area contributed by atoms with Gasteiger partial charge < -0.3 is 15.2 Å². The third kappa shape index (κ3) is 3.29. The molecule has 0 aliphatic carbocycles. The lowest BCUT2D eigenvalue weighted by Gasteiger charge is -2.36. The van der Waals surface area contributed by atoms with Gasteiger partial charge in [0.1, 0.15) is 5.82 Å². The van der Waals surface area contributed by atoms with Gasteiger partial charge in [0.25, 0.3) is 0 Å². The van der Waals surface area contributed by atoms with Crippen LogP contribution in [0.15, 0.2) is 24.3 Å². The Morgan fingerprint density at radius 3 is 2.70 bits per heavy atom. The monoisotopic (exact) mass is 324 g/mol. The second-order valence-corrected chi connectivity index (χ2v) is 5.93. The molecular weight excluding hydrogens is 303 g/mol. The SMILES string of the molecule is CC[C@]1(C)OC(=O)N(CCC(=O)Nc2cccc(F)c2)[C@]1(C)O. The standard InChI is InChI=1S/C16H21FN2O4/c1-4-15(2)16(3,22)19(14(21)23-15)9-8-13(20)18-12-7-5-6-11(17)10-12/h5-7,10,22H,4,8-9H2,1-3H3,(H,18,20)/t15-,16+/m0/s1. The van der Waals surface area contributed by atoms with E-state index in [4.69, 9.17) is 4.74 Å². The first kappa shape index (κ1) is 17.2. The van der Waals surface area contributed by atoms with Crippen LogP contribution in [-0.4, -0.2) is 39.9 Å². The molecule has 23 heavy (non-hydrogen) atoms. The molecule has 1 aliphatic rings. The van der Waals surface area contributed by atoms with Crippen molar-refractivity contribution in [3.63, 3.8) is 0 Å². The van der Waals surface area contributed by atoms with Crippen LogP contribution in [0.1, 0.15) is 33.6 Å². The van der Waals surface area contributed by atoms with Crippen LogP contribution >= 0.6 is 0 Å². The van der Waals surface area contributed by atoms with Crippen LogP contribution in [0, 0.1) is 5.82 Å². The molecule has 1 fully saturated rings. The minimum Gasteiger partial charge on any atom is -0.438 e. The van der Waals surface area contributed by atoms with Crippen LogP contribution in [0.2, 0.25) is 0 Å². The van der Waals surface area contributed by atoms with Crippen LogP contribution in [0.4, 0.5) is 14.9 Å². The number of anilines is 1. The van der Waals surface area contributed by atoms with Crippen molar-refractivity contribution in [1.82, 2.24) is 4.90 Å². The summed E-state index contributed by atoms with van der Waals surface area (Å²) >= 11 is 0. The van der Waals surface area contributed by atoms with E-state index >= 15 is 0 Å². The molecule has 1 saturated heterocycles. The summed E-state index contributed by atoms with van der Waals surface area (Å²) in [6.45, 7) is 4.95. The van der Waals surface area contributed by atoms with Crippen LogP contribution in [0.5, 0.6) is 0 Å². The molecule has 1 heterocycles. The molecule has 6 nitrogen and oxygen atoms in total. The summed E-state index contributed by atoms with van der Waals surface area (Å²) in [5.41, 5.74) is -2.19. The minimum absolute atomic E-state index is 0.00255. The highest BCUT2D eigenvalue weighted by molar-refractivity contribution is 5.91. The number of ether oxygens (including phenoxy) is 1. The van der Waals surface area contributed by atoms with Gasteiger partial charge in [-0.2, -0.15) is 0 Å². The van der Waals surface area contributed by atoms with Crippen molar-refractivity contribution in [3.05, 3.63) is 30.1 Å². The lowest BCUT2D eigenvalue weighted by molar-refractivity contribution is -0.139. The first-order chi connectivity index (χ1) is 10.7. The Bertz CT molecular complexity index is 620. The molecule has 0 aromatic heterocycles. The van der Waals surface area contributed by atoms with Crippen molar-refractivity contribution in [2.75, 3.05) is 11.9 Å². The number of nitrogens with one attached hydrogen (secondary N) is 1. The average molecular weight is 324 g/mol. The Morgan fingerprint density at radius 2 is 2.13 bits per heavy atom. The molecule has 2 rings (SSSR count). The van der Waals surface area contributed by atoms with E-state index in [0.717, 1.165) is 4.90 Å². The van der Waals surface area contributed by atoms with Gasteiger partial charge in [-0.1, -0.05) is 13.0 Å². The van der Waals surface area contributed by atoms with E-state index in [2.05, 4.69) is 5.32 Å². The van der Waals surface area contributed by atoms with E-state index < -0.39 is 23.2 Å². The Balaban J connectivity index is 1.97. The number of carbonyl (C=O) groups excluding carboxylic acids is 2. The maximum absolute atomic E-state index is 13.1. The maximum atomic E-state index is 13.1. The first-order valence-corrected chi connectivity index (χ1v) is 7.48. The molecule has 1 aromatic carbocycles. The summed E-state index contributed by atoms with van der Waals surface area (Å²) in [7, 11) is 0. The van der Waals surface area contributed by atoms with E-state index in [-0.39, 0.29) is 18.9 Å². The van der Waals surface area contributed by atoms with E-state index in [1.807, 2.05) is 6.92 Å². The molecule has 0 bridgehead atoms. The van der Waals surface area contributed by atoms with Crippen LogP contribution < -0.4 is 5.32 Å². The van der Waals surface area contributed by atoms with Gasteiger partial charge in [0, 0.05) is 18.7 Å². The molecule has 0 saturated carbocycles. The molecule has 0 unspecified atom stereocenters. The Labute approximate surface area is 134 Å². The van der Waals surface area contributed by atoms with Crippen molar-refractivity contribution in [2.45, 2.75) is 44.9 Å². The fraction of sp³-hybridized carbons (Fsp3) is 0.500. The van der Waals surface area contributed by atoms with Crippen molar-refractivity contribution in [3.8, 4) is 0 Å². The predicted octanol–water partition coefficient (Wildman–Crippen LogP) is 2.48. The average Bonchev–Trinajstić information content (AvgIpc) is 2.63. The number of amides is 2. The Kier molecular flexibility index (Phi) is 4.61. The molecule has 7 heteroatoms. The molecule has 0 spiro atoms. The topological polar surface area (TPSA) is 78.9 Å². The summed E-state index contributed by atoms with van der Waals surface area (Å²) in [4.78, 5) is 25.0. The molecule has 1 aliphatic heterocycles. The highest BCUT2D eigenvalue weighted by Crippen LogP contribution is 2.39. The van der Waals surface area contributed by atoms with Crippen molar-refractivity contribution in [1.29, 1.82) is 0 Å². The van der Waals surface area contributed by atoms with Gasteiger partial charge in [0.05, 0.1) is 0 Å². The molecule has 2 N–H and O–H groups in total. The van der Waals surface area contributed by atoms with Crippen LogP contribution in [0.25, 0.3) is 0 Å². The number of carbonyl (C=O) groups is 2. The summed E-state index contributed by atoms with van der Waals surface area (Å²) in [6.07, 6.45) is -0.253.